The van der Waals surface area contributed by atoms with Gasteiger partial charge in [-0.15, -0.1) is 11.3 Å². The summed E-state index contributed by atoms with van der Waals surface area (Å²) in [6.07, 6.45) is 6.22. The number of anilines is 2. The van der Waals surface area contributed by atoms with E-state index in [1.165, 1.54) is 59.4 Å². The minimum absolute atomic E-state index is 0.692. The molecule has 0 saturated carbocycles. The Morgan fingerprint density at radius 1 is 0.971 bits per heavy atom. The molecule has 2 fully saturated rings. The van der Waals surface area contributed by atoms with Crippen molar-refractivity contribution in [3.8, 4) is 5.75 Å². The van der Waals surface area contributed by atoms with Gasteiger partial charge in [-0.05, 0) is 75.7 Å². The molecule has 2 aromatic heterocycles. The molecule has 3 aliphatic rings. The number of para-hydroxylation sites is 2. The van der Waals surface area contributed by atoms with Crippen molar-refractivity contribution in [1.29, 1.82) is 0 Å². The molecule has 0 radical (unpaired) electrons. The zero-order valence-corrected chi connectivity index (χ0v) is 21.9. The lowest BCUT2D eigenvalue weighted by Gasteiger charge is -2.37. The molecule has 1 aromatic carbocycles. The smallest absolute Gasteiger partial charge is 0.146 e. The van der Waals surface area contributed by atoms with Gasteiger partial charge >= 0.3 is 0 Å². The molecule has 6 nitrogen and oxygen atoms in total. The normalized spacial score (nSPS) is 19.5. The van der Waals surface area contributed by atoms with Gasteiger partial charge in [-0.1, -0.05) is 19.1 Å². The number of piperidine rings is 1. The van der Waals surface area contributed by atoms with Gasteiger partial charge in [0.05, 0.1) is 24.2 Å². The number of benzene rings is 1. The summed E-state index contributed by atoms with van der Waals surface area (Å²) in [5.74, 6) is 4.02. The number of ether oxygens (including phenoxy) is 1. The summed E-state index contributed by atoms with van der Waals surface area (Å²) in [6.45, 7) is 12.2. The van der Waals surface area contributed by atoms with Crippen molar-refractivity contribution in [3.63, 3.8) is 0 Å². The van der Waals surface area contributed by atoms with Crippen molar-refractivity contribution in [3.05, 3.63) is 40.5 Å². The Bertz CT molecular complexity index is 1180. The summed E-state index contributed by atoms with van der Waals surface area (Å²) < 4.78 is 5.91. The van der Waals surface area contributed by atoms with E-state index in [1.807, 2.05) is 11.3 Å². The Kier molecular flexibility index (Phi) is 6.54. The number of hydrogen-bond donors (Lipinski definition) is 0. The fraction of sp³-hybridized carbons (Fsp3) is 0.571. The molecule has 0 amide bonds. The van der Waals surface area contributed by atoms with Crippen LogP contribution in [-0.2, 0) is 19.4 Å². The molecule has 4 heterocycles. The second-order valence-corrected chi connectivity index (χ2v) is 11.4. The SMILES string of the molecule is CCOc1ccccc1N1CCN(c2nc(CN3CCC(C)CC3)nc3sc4c(c23)CCC4)CC1. The van der Waals surface area contributed by atoms with Gasteiger partial charge in [0.25, 0.3) is 0 Å². The second-order valence-electron chi connectivity index (χ2n) is 10.3. The van der Waals surface area contributed by atoms with Gasteiger partial charge in [0.1, 0.15) is 22.2 Å². The zero-order valence-electron chi connectivity index (χ0n) is 21.1. The Morgan fingerprint density at radius 2 is 1.74 bits per heavy atom. The third kappa shape index (κ3) is 4.60. The van der Waals surface area contributed by atoms with E-state index < -0.39 is 0 Å². The summed E-state index contributed by atoms with van der Waals surface area (Å²) in [6, 6.07) is 8.44. The third-order valence-electron chi connectivity index (χ3n) is 7.92. The molecule has 3 aromatic rings. The monoisotopic (exact) mass is 491 g/mol. The van der Waals surface area contributed by atoms with E-state index >= 15 is 0 Å². The van der Waals surface area contributed by atoms with E-state index in [0.29, 0.717) is 6.61 Å². The first-order chi connectivity index (χ1) is 17.2. The van der Waals surface area contributed by atoms with Gasteiger partial charge in [-0.25, -0.2) is 9.97 Å². The molecule has 2 saturated heterocycles. The summed E-state index contributed by atoms with van der Waals surface area (Å²) in [5.41, 5.74) is 2.74. The van der Waals surface area contributed by atoms with Crippen LogP contribution in [0, 0.1) is 5.92 Å². The van der Waals surface area contributed by atoms with Crippen molar-refractivity contribution in [1.82, 2.24) is 14.9 Å². The maximum Gasteiger partial charge on any atom is 0.146 e. The van der Waals surface area contributed by atoms with Crippen LogP contribution in [0.5, 0.6) is 5.75 Å². The van der Waals surface area contributed by atoms with Gasteiger partial charge in [0, 0.05) is 31.1 Å². The van der Waals surface area contributed by atoms with Gasteiger partial charge in [-0.2, -0.15) is 0 Å². The van der Waals surface area contributed by atoms with Crippen molar-refractivity contribution < 1.29 is 4.74 Å². The maximum atomic E-state index is 5.91. The van der Waals surface area contributed by atoms with E-state index in [4.69, 9.17) is 14.7 Å². The summed E-state index contributed by atoms with van der Waals surface area (Å²) in [4.78, 5) is 20.7. The number of aromatic nitrogens is 2. The molecular formula is C28H37N5OS. The van der Waals surface area contributed by atoms with Crippen LogP contribution in [0.3, 0.4) is 0 Å². The van der Waals surface area contributed by atoms with E-state index in [-0.39, 0.29) is 0 Å². The number of hydrogen-bond acceptors (Lipinski definition) is 7. The van der Waals surface area contributed by atoms with Gasteiger partial charge in [0.15, 0.2) is 0 Å². The topological polar surface area (TPSA) is 44.7 Å². The van der Waals surface area contributed by atoms with Crippen LogP contribution in [0.1, 0.15) is 49.4 Å². The molecule has 1 aliphatic carbocycles. The molecule has 0 bridgehead atoms. The molecule has 6 rings (SSSR count). The molecule has 2 aliphatic heterocycles. The van der Waals surface area contributed by atoms with Crippen molar-refractivity contribution in [2.45, 2.75) is 52.5 Å². The molecule has 0 N–H and O–H groups in total. The maximum absolute atomic E-state index is 5.91. The number of thiophene rings is 1. The van der Waals surface area contributed by atoms with Crippen molar-refractivity contribution in [2.24, 2.45) is 5.92 Å². The summed E-state index contributed by atoms with van der Waals surface area (Å²) in [5, 5.41) is 1.35. The molecule has 35 heavy (non-hydrogen) atoms. The Hall–Kier alpha value is -2.38. The third-order valence-corrected chi connectivity index (χ3v) is 9.10. The van der Waals surface area contributed by atoms with E-state index in [0.717, 1.165) is 63.3 Å². The number of fused-ring (bicyclic) bond motifs is 3. The highest BCUT2D eigenvalue weighted by atomic mass is 32.1. The molecule has 7 heteroatoms. The van der Waals surface area contributed by atoms with Crippen LogP contribution in [0.15, 0.2) is 24.3 Å². The molecule has 186 valence electrons. The number of aryl methyl sites for hydroxylation is 2. The Labute approximate surface area is 212 Å². The van der Waals surface area contributed by atoms with Crippen LogP contribution < -0.4 is 14.5 Å². The van der Waals surface area contributed by atoms with Crippen LogP contribution in [0.2, 0.25) is 0 Å². The highest BCUT2D eigenvalue weighted by molar-refractivity contribution is 7.19. The van der Waals surface area contributed by atoms with Crippen LogP contribution in [0.4, 0.5) is 11.5 Å². The highest BCUT2D eigenvalue weighted by Crippen LogP contribution is 2.41. The zero-order chi connectivity index (χ0) is 23.8. The van der Waals surface area contributed by atoms with E-state index in [9.17, 15) is 0 Å². The van der Waals surface area contributed by atoms with Crippen molar-refractivity contribution in [2.75, 3.05) is 55.7 Å². The quantitative estimate of drug-likeness (QED) is 0.476. The largest absolute Gasteiger partial charge is 0.492 e. The van der Waals surface area contributed by atoms with Crippen molar-refractivity contribution >= 4 is 33.1 Å². The molecule has 0 atom stereocenters. The van der Waals surface area contributed by atoms with Crippen LogP contribution in [-0.4, -0.2) is 60.7 Å². The second kappa shape index (κ2) is 9.94. The first-order valence-electron chi connectivity index (χ1n) is 13.4. The van der Waals surface area contributed by atoms with Gasteiger partial charge in [0.2, 0.25) is 0 Å². The lowest BCUT2D eigenvalue weighted by molar-refractivity contribution is 0.181. The standard InChI is InChI=1S/C28H37N5OS/c1-3-34-23-9-5-4-8-22(23)32-15-17-33(18-16-32)27-26-21-7-6-10-24(21)35-28(26)30-25(29-27)19-31-13-11-20(2)12-14-31/h4-5,8-9,20H,3,6-7,10-19H2,1-2H3. The predicted octanol–water partition coefficient (Wildman–Crippen LogP) is 5.14. The summed E-state index contributed by atoms with van der Waals surface area (Å²) >= 11 is 1.92. The number of piperazine rings is 1. The average molecular weight is 492 g/mol. The number of likely N-dealkylation sites (tertiary alicyclic amines) is 1. The van der Waals surface area contributed by atoms with Gasteiger partial charge in [-0.3, -0.25) is 4.90 Å². The minimum Gasteiger partial charge on any atom is -0.492 e. The Balaban J connectivity index is 1.27. The lowest BCUT2D eigenvalue weighted by atomic mass is 9.99. The number of nitrogens with zero attached hydrogens (tertiary/aromatic N) is 5. The molecule has 0 unspecified atom stereocenters. The summed E-state index contributed by atoms with van der Waals surface area (Å²) in [7, 11) is 0. The molecule has 0 spiro atoms. The number of rotatable bonds is 6. The van der Waals surface area contributed by atoms with Crippen LogP contribution >= 0.6 is 11.3 Å². The average Bonchev–Trinajstić information content (AvgIpc) is 3.47. The van der Waals surface area contributed by atoms with E-state index in [2.05, 4.69) is 52.8 Å². The predicted molar refractivity (Wildman–Crippen MR) is 145 cm³/mol. The van der Waals surface area contributed by atoms with Crippen LogP contribution in [0.25, 0.3) is 10.2 Å². The fourth-order valence-corrected chi connectivity index (χ4v) is 7.17. The first kappa shape index (κ1) is 23.0. The van der Waals surface area contributed by atoms with E-state index in [1.54, 1.807) is 4.88 Å². The van der Waals surface area contributed by atoms with Gasteiger partial charge < -0.3 is 14.5 Å². The highest BCUT2D eigenvalue weighted by Gasteiger charge is 2.28. The molecular weight excluding hydrogens is 454 g/mol. The lowest BCUT2D eigenvalue weighted by Crippen LogP contribution is -2.47. The first-order valence-corrected chi connectivity index (χ1v) is 14.3. The minimum atomic E-state index is 0.692. The Morgan fingerprint density at radius 3 is 2.54 bits per heavy atom. The fourth-order valence-electron chi connectivity index (χ4n) is 5.89.